The molecule has 0 aromatic heterocycles. The number of benzene rings is 3. The predicted octanol–water partition coefficient (Wildman–Crippen LogP) is 3.74. The summed E-state index contributed by atoms with van der Waals surface area (Å²) in [6.45, 7) is 1.48. The molecule has 1 amide bonds. The van der Waals surface area contributed by atoms with Gasteiger partial charge in [-0.1, -0.05) is 78.3 Å². The van der Waals surface area contributed by atoms with E-state index in [4.69, 9.17) is 11.6 Å². The van der Waals surface area contributed by atoms with Crippen LogP contribution in [-0.4, -0.2) is 40.0 Å². The zero-order valence-electron chi connectivity index (χ0n) is 19.4. The van der Waals surface area contributed by atoms with Crippen LogP contribution in [0.1, 0.15) is 23.5 Å². The van der Waals surface area contributed by atoms with Gasteiger partial charge in [-0.05, 0) is 42.2 Å². The molecule has 0 saturated carbocycles. The van der Waals surface area contributed by atoms with Gasteiger partial charge in [-0.2, -0.15) is 0 Å². The highest BCUT2D eigenvalue weighted by atomic mass is 35.5. The molecule has 3 aromatic rings. The van der Waals surface area contributed by atoms with Crippen molar-refractivity contribution >= 4 is 27.5 Å². The number of carbonyl (C=O) groups is 1. The smallest absolute Gasteiger partial charge is 0.240 e. The Morgan fingerprint density at radius 3 is 2.40 bits per heavy atom. The van der Waals surface area contributed by atoms with Gasteiger partial charge in [0.1, 0.15) is 0 Å². The minimum Gasteiger partial charge on any atom is -0.355 e. The Kier molecular flexibility index (Phi) is 8.57. The van der Waals surface area contributed by atoms with Crippen molar-refractivity contribution in [3.05, 3.63) is 101 Å². The van der Waals surface area contributed by atoms with Crippen molar-refractivity contribution in [2.75, 3.05) is 19.6 Å². The minimum atomic E-state index is -3.73. The number of carbonyl (C=O) groups excluding carboxylic acids is 1. The molecular formula is C27H30ClN3O3S. The summed E-state index contributed by atoms with van der Waals surface area (Å²) in [4.78, 5) is 13.2. The zero-order chi connectivity index (χ0) is 24.7. The molecule has 1 aliphatic rings. The molecule has 8 heteroatoms. The number of hydrogen-bond acceptors (Lipinski definition) is 4. The van der Waals surface area contributed by atoms with E-state index in [0.29, 0.717) is 31.1 Å². The Bertz CT molecular complexity index is 1220. The Balaban J connectivity index is 1.37. The van der Waals surface area contributed by atoms with Gasteiger partial charge in [-0.15, -0.1) is 0 Å². The second-order valence-corrected chi connectivity index (χ2v) is 11.1. The number of nitrogens with one attached hydrogen (secondary N) is 3. The van der Waals surface area contributed by atoms with Crippen molar-refractivity contribution in [1.82, 2.24) is 15.4 Å². The largest absolute Gasteiger partial charge is 0.355 e. The number of hydrogen-bond donors (Lipinski definition) is 3. The molecule has 3 aromatic carbocycles. The highest BCUT2D eigenvalue weighted by Gasteiger charge is 2.30. The highest BCUT2D eigenvalue weighted by molar-refractivity contribution is 7.89. The van der Waals surface area contributed by atoms with Crippen LogP contribution < -0.4 is 15.4 Å². The van der Waals surface area contributed by atoms with E-state index < -0.39 is 16.1 Å². The molecular weight excluding hydrogens is 482 g/mol. The molecule has 35 heavy (non-hydrogen) atoms. The fourth-order valence-corrected chi connectivity index (χ4v) is 6.00. The summed E-state index contributed by atoms with van der Waals surface area (Å²) < 4.78 is 28.3. The third kappa shape index (κ3) is 7.15. The molecule has 3 atom stereocenters. The molecule has 0 spiro atoms. The van der Waals surface area contributed by atoms with Crippen LogP contribution in [0.3, 0.4) is 0 Å². The monoisotopic (exact) mass is 511 g/mol. The Hall–Kier alpha value is -2.71. The summed E-state index contributed by atoms with van der Waals surface area (Å²) in [5.74, 6) is -0.265. The fourth-order valence-electron chi connectivity index (χ4n) is 4.45. The van der Waals surface area contributed by atoms with Crippen molar-refractivity contribution < 1.29 is 13.2 Å². The molecule has 1 heterocycles. The number of halogens is 1. The van der Waals surface area contributed by atoms with Crippen LogP contribution in [0.25, 0.3) is 0 Å². The second-order valence-electron chi connectivity index (χ2n) is 8.91. The van der Waals surface area contributed by atoms with Crippen LogP contribution >= 0.6 is 11.6 Å². The summed E-state index contributed by atoms with van der Waals surface area (Å²) in [5.41, 5.74) is 2.39. The molecule has 1 unspecified atom stereocenters. The lowest BCUT2D eigenvalue weighted by Crippen LogP contribution is -2.52. The maximum Gasteiger partial charge on any atom is 0.240 e. The first-order valence-electron chi connectivity index (χ1n) is 11.8. The number of amides is 1. The first kappa shape index (κ1) is 25.4. The van der Waals surface area contributed by atoms with Gasteiger partial charge in [0, 0.05) is 36.6 Å². The standard InChI is InChI=1S/C27H30ClN3O3S/c28-24-12-7-13-26(16-24)35(33,34)31-25-15-23(17-29-19-25)27(32)30-18-22(21-10-5-2-6-11-21)14-20-8-3-1-4-9-20/h1-13,16,22-23,25,29,31H,14-15,17-19H2,(H,30,32)/t22?,23-,25-/m0/s1. The maximum absolute atomic E-state index is 13.1. The summed E-state index contributed by atoms with van der Waals surface area (Å²) in [6, 6.07) is 26.2. The molecule has 4 rings (SSSR count). The molecule has 0 bridgehead atoms. The summed E-state index contributed by atoms with van der Waals surface area (Å²) in [6.07, 6.45) is 1.24. The molecule has 1 aliphatic heterocycles. The van der Waals surface area contributed by atoms with Crippen molar-refractivity contribution in [1.29, 1.82) is 0 Å². The molecule has 1 fully saturated rings. The minimum absolute atomic E-state index is 0.0712. The van der Waals surface area contributed by atoms with E-state index in [1.54, 1.807) is 12.1 Å². The van der Waals surface area contributed by atoms with Gasteiger partial charge in [-0.3, -0.25) is 4.79 Å². The molecule has 0 aliphatic carbocycles. The maximum atomic E-state index is 13.1. The van der Waals surface area contributed by atoms with Crippen LogP contribution in [0.2, 0.25) is 5.02 Å². The second kappa shape index (κ2) is 11.8. The normalized spacial score (nSPS) is 19.1. The van der Waals surface area contributed by atoms with Gasteiger partial charge in [0.25, 0.3) is 0 Å². The third-order valence-electron chi connectivity index (χ3n) is 6.27. The molecule has 6 nitrogen and oxygen atoms in total. The highest BCUT2D eigenvalue weighted by Crippen LogP contribution is 2.22. The van der Waals surface area contributed by atoms with Gasteiger partial charge >= 0.3 is 0 Å². The average molecular weight is 512 g/mol. The van der Waals surface area contributed by atoms with E-state index in [2.05, 4.69) is 39.6 Å². The van der Waals surface area contributed by atoms with Crippen molar-refractivity contribution in [3.63, 3.8) is 0 Å². The van der Waals surface area contributed by atoms with E-state index in [-0.39, 0.29) is 22.6 Å². The van der Waals surface area contributed by atoms with E-state index >= 15 is 0 Å². The predicted molar refractivity (Wildman–Crippen MR) is 139 cm³/mol. The first-order valence-corrected chi connectivity index (χ1v) is 13.6. The Labute approximate surface area is 212 Å². The third-order valence-corrected chi connectivity index (χ3v) is 8.02. The number of piperidine rings is 1. The summed E-state index contributed by atoms with van der Waals surface area (Å²) in [5, 5.41) is 6.67. The SMILES string of the molecule is O=C(NCC(Cc1ccccc1)c1ccccc1)[C@@H]1CNC[C@@H](NS(=O)(=O)c2cccc(Cl)c2)C1. The topological polar surface area (TPSA) is 87.3 Å². The molecule has 184 valence electrons. The summed E-state index contributed by atoms with van der Waals surface area (Å²) >= 11 is 5.96. The zero-order valence-corrected chi connectivity index (χ0v) is 20.9. The van der Waals surface area contributed by atoms with Crippen LogP contribution in [0, 0.1) is 5.92 Å². The van der Waals surface area contributed by atoms with Gasteiger partial charge in [0.2, 0.25) is 15.9 Å². The van der Waals surface area contributed by atoms with Crippen molar-refractivity contribution in [2.24, 2.45) is 5.92 Å². The Morgan fingerprint density at radius 1 is 0.971 bits per heavy atom. The van der Waals surface area contributed by atoms with E-state index in [1.807, 2.05) is 36.4 Å². The van der Waals surface area contributed by atoms with E-state index in [1.165, 1.54) is 23.3 Å². The summed E-state index contributed by atoms with van der Waals surface area (Å²) in [7, 11) is -3.73. The number of rotatable bonds is 9. The van der Waals surface area contributed by atoms with Gasteiger partial charge in [-0.25, -0.2) is 13.1 Å². The fraction of sp³-hybridized carbons (Fsp3) is 0.296. The van der Waals surface area contributed by atoms with E-state index in [0.717, 1.165) is 6.42 Å². The first-order chi connectivity index (χ1) is 16.9. The van der Waals surface area contributed by atoms with Gasteiger partial charge in [0.15, 0.2) is 0 Å². The molecule has 0 radical (unpaired) electrons. The number of sulfonamides is 1. The van der Waals surface area contributed by atoms with Crippen molar-refractivity contribution in [2.45, 2.75) is 29.7 Å². The lowest BCUT2D eigenvalue weighted by Gasteiger charge is -2.30. The average Bonchev–Trinajstić information content (AvgIpc) is 2.87. The van der Waals surface area contributed by atoms with Crippen LogP contribution in [0.4, 0.5) is 0 Å². The van der Waals surface area contributed by atoms with E-state index in [9.17, 15) is 13.2 Å². The molecule has 3 N–H and O–H groups in total. The van der Waals surface area contributed by atoms with Crippen LogP contribution in [0.5, 0.6) is 0 Å². The lowest BCUT2D eigenvalue weighted by atomic mass is 9.91. The van der Waals surface area contributed by atoms with Crippen LogP contribution in [0.15, 0.2) is 89.8 Å². The quantitative estimate of drug-likeness (QED) is 0.408. The Morgan fingerprint density at radius 2 is 1.69 bits per heavy atom. The van der Waals surface area contributed by atoms with Gasteiger partial charge < -0.3 is 10.6 Å². The van der Waals surface area contributed by atoms with Gasteiger partial charge in [0.05, 0.1) is 10.8 Å². The van der Waals surface area contributed by atoms with Crippen LogP contribution in [-0.2, 0) is 21.2 Å². The molecule has 1 saturated heterocycles. The van der Waals surface area contributed by atoms with Crippen molar-refractivity contribution in [3.8, 4) is 0 Å². The lowest BCUT2D eigenvalue weighted by molar-refractivity contribution is -0.125.